The van der Waals surface area contributed by atoms with E-state index in [0.29, 0.717) is 5.56 Å². The van der Waals surface area contributed by atoms with E-state index >= 15 is 0 Å². The maximum Gasteiger partial charge on any atom is 0.266 e. The van der Waals surface area contributed by atoms with Crippen molar-refractivity contribution in [3.8, 4) is 11.9 Å². The van der Waals surface area contributed by atoms with Crippen LogP contribution in [-0.4, -0.2) is 12.1 Å². The van der Waals surface area contributed by atoms with Crippen molar-refractivity contribution in [1.29, 1.82) is 5.26 Å². The van der Waals surface area contributed by atoms with Gasteiger partial charge in [0.25, 0.3) is 6.43 Å². The third kappa shape index (κ3) is 2.34. The molecule has 0 unspecified atom stereocenters. The van der Waals surface area contributed by atoms with Gasteiger partial charge in [-0.2, -0.15) is 5.26 Å². The zero-order valence-corrected chi connectivity index (χ0v) is 8.55. The van der Waals surface area contributed by atoms with Crippen molar-refractivity contribution in [2.75, 3.05) is 7.11 Å². The van der Waals surface area contributed by atoms with Gasteiger partial charge >= 0.3 is 0 Å². The predicted molar refractivity (Wildman–Crippen MR) is 50.0 cm³/mol. The van der Waals surface area contributed by atoms with Crippen molar-refractivity contribution in [2.24, 2.45) is 0 Å². The van der Waals surface area contributed by atoms with Crippen molar-refractivity contribution < 1.29 is 13.5 Å². The first kappa shape index (κ1) is 11.7. The van der Waals surface area contributed by atoms with Crippen LogP contribution in [0.1, 0.15) is 23.2 Å². The molecular formula is C9H7ClF2N2O. The molecule has 80 valence electrons. The second kappa shape index (κ2) is 4.89. The maximum atomic E-state index is 12.5. The molecular weight excluding hydrogens is 226 g/mol. The molecule has 1 aromatic heterocycles. The fourth-order valence-electron chi connectivity index (χ4n) is 1.08. The van der Waals surface area contributed by atoms with Crippen LogP contribution in [0.3, 0.4) is 0 Å². The largest absolute Gasteiger partial charge is 0.481 e. The summed E-state index contributed by atoms with van der Waals surface area (Å²) < 4.78 is 29.8. The van der Waals surface area contributed by atoms with Crippen LogP contribution in [0, 0.1) is 11.3 Å². The Balaban J connectivity index is 3.36. The minimum absolute atomic E-state index is 0.00159. The zero-order chi connectivity index (χ0) is 11.4. The molecule has 0 saturated heterocycles. The first-order valence-corrected chi connectivity index (χ1v) is 4.49. The molecule has 0 saturated carbocycles. The van der Waals surface area contributed by atoms with E-state index < -0.39 is 12.0 Å². The molecule has 0 aliphatic heterocycles. The minimum atomic E-state index is -2.75. The van der Waals surface area contributed by atoms with E-state index in [1.54, 1.807) is 6.07 Å². The number of hydrogen-bond acceptors (Lipinski definition) is 3. The minimum Gasteiger partial charge on any atom is -0.481 e. The summed E-state index contributed by atoms with van der Waals surface area (Å²) in [5.41, 5.74) is -0.418. The van der Waals surface area contributed by atoms with Crippen molar-refractivity contribution in [2.45, 2.75) is 12.3 Å². The SMILES string of the molecule is COc1nc(C#N)c(C(F)F)cc1CCl. The summed E-state index contributed by atoms with van der Waals surface area (Å²) in [6, 6.07) is 2.73. The Labute approximate surface area is 90.3 Å². The normalized spacial score (nSPS) is 10.1. The summed E-state index contributed by atoms with van der Waals surface area (Å²) in [5.74, 6) is 0.104. The highest BCUT2D eigenvalue weighted by molar-refractivity contribution is 6.17. The summed E-state index contributed by atoms with van der Waals surface area (Å²) in [7, 11) is 1.33. The van der Waals surface area contributed by atoms with Gasteiger partial charge in [0.1, 0.15) is 6.07 Å². The van der Waals surface area contributed by atoms with E-state index in [9.17, 15) is 8.78 Å². The summed E-state index contributed by atoms with van der Waals surface area (Å²) >= 11 is 5.54. The number of aromatic nitrogens is 1. The number of rotatable bonds is 3. The topological polar surface area (TPSA) is 45.9 Å². The first-order valence-electron chi connectivity index (χ1n) is 3.96. The molecule has 1 rings (SSSR count). The average molecular weight is 233 g/mol. The highest BCUT2D eigenvalue weighted by Crippen LogP contribution is 2.27. The Kier molecular flexibility index (Phi) is 3.81. The van der Waals surface area contributed by atoms with E-state index in [4.69, 9.17) is 21.6 Å². The number of halogens is 3. The van der Waals surface area contributed by atoms with E-state index in [2.05, 4.69) is 4.98 Å². The van der Waals surface area contributed by atoms with Gasteiger partial charge in [-0.1, -0.05) is 0 Å². The van der Waals surface area contributed by atoms with Gasteiger partial charge < -0.3 is 4.74 Å². The monoisotopic (exact) mass is 232 g/mol. The predicted octanol–water partition coefficient (Wildman–Crippen LogP) is 2.64. The highest BCUT2D eigenvalue weighted by atomic mass is 35.5. The summed E-state index contributed by atoms with van der Waals surface area (Å²) in [5, 5.41) is 8.62. The van der Waals surface area contributed by atoms with Gasteiger partial charge in [0.05, 0.1) is 18.6 Å². The quantitative estimate of drug-likeness (QED) is 0.753. The van der Waals surface area contributed by atoms with Crippen LogP contribution in [0.4, 0.5) is 8.78 Å². The molecule has 6 heteroatoms. The van der Waals surface area contributed by atoms with Gasteiger partial charge in [-0.3, -0.25) is 0 Å². The number of pyridine rings is 1. The van der Waals surface area contributed by atoms with E-state index in [1.807, 2.05) is 0 Å². The molecule has 0 bridgehead atoms. The standard InChI is InChI=1S/C9H7ClF2N2O/c1-15-9-5(3-10)2-6(8(11)12)7(4-13)14-9/h2,8H,3H2,1H3. The number of nitriles is 1. The summed E-state index contributed by atoms with van der Waals surface area (Å²) in [6.07, 6.45) is -2.75. The van der Waals surface area contributed by atoms with E-state index in [1.165, 1.54) is 7.11 Å². The van der Waals surface area contributed by atoms with Crippen molar-refractivity contribution >= 4 is 11.6 Å². The molecule has 15 heavy (non-hydrogen) atoms. The van der Waals surface area contributed by atoms with Gasteiger partial charge in [0.2, 0.25) is 5.88 Å². The Hall–Kier alpha value is -1.41. The second-order valence-electron chi connectivity index (χ2n) is 2.64. The van der Waals surface area contributed by atoms with Crippen LogP contribution in [0.5, 0.6) is 5.88 Å². The Morgan fingerprint density at radius 3 is 2.73 bits per heavy atom. The van der Waals surface area contributed by atoms with Gasteiger partial charge in [-0.15, -0.1) is 11.6 Å². The molecule has 1 aromatic rings. The number of methoxy groups -OCH3 is 1. The second-order valence-corrected chi connectivity index (χ2v) is 2.91. The lowest BCUT2D eigenvalue weighted by molar-refractivity contribution is 0.150. The van der Waals surface area contributed by atoms with Crippen LogP contribution in [0.2, 0.25) is 0 Å². The lowest BCUT2D eigenvalue weighted by atomic mass is 10.1. The number of nitrogens with zero attached hydrogens (tertiary/aromatic N) is 2. The van der Waals surface area contributed by atoms with Crippen LogP contribution in [0.25, 0.3) is 0 Å². The van der Waals surface area contributed by atoms with E-state index in [-0.39, 0.29) is 17.5 Å². The van der Waals surface area contributed by atoms with Crippen LogP contribution >= 0.6 is 11.6 Å². The van der Waals surface area contributed by atoms with Crippen molar-refractivity contribution in [1.82, 2.24) is 4.98 Å². The molecule has 0 aliphatic carbocycles. The molecule has 0 aliphatic rings. The Bertz CT molecular complexity index is 404. The van der Waals surface area contributed by atoms with Gasteiger partial charge in [-0.25, -0.2) is 13.8 Å². The fraction of sp³-hybridized carbons (Fsp3) is 0.333. The fourth-order valence-corrected chi connectivity index (χ4v) is 1.28. The molecule has 0 aromatic carbocycles. The first-order chi connectivity index (χ1) is 7.13. The van der Waals surface area contributed by atoms with Crippen molar-refractivity contribution in [3.63, 3.8) is 0 Å². The van der Waals surface area contributed by atoms with E-state index in [0.717, 1.165) is 6.07 Å². The number of alkyl halides is 3. The lowest BCUT2D eigenvalue weighted by Gasteiger charge is -2.08. The smallest absolute Gasteiger partial charge is 0.266 e. The number of hydrogen-bond donors (Lipinski definition) is 0. The molecule has 0 N–H and O–H groups in total. The molecule has 0 radical (unpaired) electrons. The molecule has 0 atom stereocenters. The average Bonchev–Trinajstić information content (AvgIpc) is 2.26. The molecule has 3 nitrogen and oxygen atoms in total. The van der Waals surface area contributed by atoms with Gasteiger partial charge in [0, 0.05) is 5.56 Å². The van der Waals surface area contributed by atoms with Crippen LogP contribution in [-0.2, 0) is 5.88 Å². The van der Waals surface area contributed by atoms with Gasteiger partial charge in [0.15, 0.2) is 5.69 Å². The molecule has 0 spiro atoms. The van der Waals surface area contributed by atoms with Crippen molar-refractivity contribution in [3.05, 3.63) is 22.9 Å². The Morgan fingerprint density at radius 1 is 1.67 bits per heavy atom. The summed E-state index contributed by atoms with van der Waals surface area (Å²) in [4.78, 5) is 3.65. The molecule has 0 amide bonds. The molecule has 0 fully saturated rings. The van der Waals surface area contributed by atoms with Crippen LogP contribution < -0.4 is 4.74 Å². The maximum absolute atomic E-state index is 12.5. The number of ether oxygens (including phenoxy) is 1. The highest BCUT2D eigenvalue weighted by Gasteiger charge is 2.18. The van der Waals surface area contributed by atoms with Gasteiger partial charge in [-0.05, 0) is 6.07 Å². The van der Waals surface area contributed by atoms with Crippen LogP contribution in [0.15, 0.2) is 6.07 Å². The molecule has 1 heterocycles. The third-order valence-electron chi connectivity index (χ3n) is 1.77. The summed E-state index contributed by atoms with van der Waals surface area (Å²) in [6.45, 7) is 0. The lowest BCUT2D eigenvalue weighted by Crippen LogP contribution is -2.01. The third-order valence-corrected chi connectivity index (χ3v) is 2.06. The Morgan fingerprint density at radius 2 is 2.33 bits per heavy atom. The zero-order valence-electron chi connectivity index (χ0n) is 7.80.